The Morgan fingerprint density at radius 2 is 2.32 bits per heavy atom. The Hall–Kier alpha value is -1.46. The topological polar surface area (TPSA) is 39.6 Å². The van der Waals surface area contributed by atoms with E-state index in [1.165, 1.54) is 12.1 Å². The molecule has 2 aliphatic rings. The molecule has 0 aliphatic carbocycles. The maximum Gasteiger partial charge on any atom is 0.128 e. The first kappa shape index (κ1) is 12.6. The molecule has 0 saturated carbocycles. The number of rotatable bonds is 2. The van der Waals surface area contributed by atoms with Crippen molar-refractivity contribution in [3.63, 3.8) is 0 Å². The molecule has 1 unspecified atom stereocenters. The predicted octanol–water partition coefficient (Wildman–Crippen LogP) is 1.30. The molecule has 2 heterocycles. The van der Waals surface area contributed by atoms with E-state index in [0.717, 1.165) is 25.3 Å². The lowest BCUT2D eigenvalue weighted by Gasteiger charge is -2.33. The first-order chi connectivity index (χ1) is 9.13. The first-order valence-corrected chi connectivity index (χ1v) is 6.56. The fourth-order valence-electron chi connectivity index (χ4n) is 2.74. The lowest BCUT2D eigenvalue weighted by Crippen LogP contribution is -2.46. The number of nitrogens with zero attached hydrogens (tertiary/aromatic N) is 2. The Morgan fingerprint density at radius 3 is 3.11 bits per heavy atom. The highest BCUT2D eigenvalue weighted by Crippen LogP contribution is 2.24. The molecule has 0 amide bonds. The number of benzene rings is 1. The SMILES string of the molecule is CN1CCOC(CN2Cc3ccc(F)cc3C2=N)C1. The number of amidine groups is 1. The third kappa shape index (κ3) is 2.48. The van der Waals surface area contributed by atoms with Crippen LogP contribution < -0.4 is 0 Å². The van der Waals surface area contributed by atoms with Crippen molar-refractivity contribution >= 4 is 5.84 Å². The van der Waals surface area contributed by atoms with Gasteiger partial charge < -0.3 is 14.5 Å². The maximum absolute atomic E-state index is 13.2. The summed E-state index contributed by atoms with van der Waals surface area (Å²) in [7, 11) is 2.08. The van der Waals surface area contributed by atoms with E-state index >= 15 is 0 Å². The summed E-state index contributed by atoms with van der Waals surface area (Å²) in [6, 6.07) is 4.68. The number of fused-ring (bicyclic) bond motifs is 1. The van der Waals surface area contributed by atoms with Gasteiger partial charge in [0.15, 0.2) is 0 Å². The van der Waals surface area contributed by atoms with Crippen LogP contribution in [0, 0.1) is 11.2 Å². The van der Waals surface area contributed by atoms with Gasteiger partial charge in [0.05, 0.1) is 12.7 Å². The van der Waals surface area contributed by atoms with Gasteiger partial charge in [0.2, 0.25) is 0 Å². The minimum atomic E-state index is -0.279. The van der Waals surface area contributed by atoms with Crippen molar-refractivity contribution in [2.24, 2.45) is 0 Å². The largest absolute Gasteiger partial charge is 0.374 e. The average Bonchev–Trinajstić information content (AvgIpc) is 2.67. The Bertz CT molecular complexity index is 505. The number of hydrogen-bond acceptors (Lipinski definition) is 3. The zero-order valence-electron chi connectivity index (χ0n) is 11.0. The van der Waals surface area contributed by atoms with Crippen molar-refractivity contribution < 1.29 is 9.13 Å². The summed E-state index contributed by atoms with van der Waals surface area (Å²) < 4.78 is 19.0. The molecule has 0 spiro atoms. The molecule has 0 aromatic heterocycles. The first-order valence-electron chi connectivity index (χ1n) is 6.56. The van der Waals surface area contributed by atoms with Crippen LogP contribution in [0.15, 0.2) is 18.2 Å². The van der Waals surface area contributed by atoms with E-state index in [2.05, 4.69) is 11.9 Å². The van der Waals surface area contributed by atoms with Gasteiger partial charge in [-0.3, -0.25) is 5.41 Å². The highest BCUT2D eigenvalue weighted by molar-refractivity contribution is 6.00. The molecule has 0 radical (unpaired) electrons. The van der Waals surface area contributed by atoms with Gasteiger partial charge in [0.25, 0.3) is 0 Å². The molecule has 3 rings (SSSR count). The van der Waals surface area contributed by atoms with Crippen LogP contribution in [0.5, 0.6) is 0 Å². The van der Waals surface area contributed by atoms with E-state index in [-0.39, 0.29) is 11.9 Å². The summed E-state index contributed by atoms with van der Waals surface area (Å²) in [6.45, 7) is 3.95. The van der Waals surface area contributed by atoms with E-state index < -0.39 is 0 Å². The second kappa shape index (κ2) is 4.90. The Kier molecular flexibility index (Phi) is 3.24. The van der Waals surface area contributed by atoms with Crippen LogP contribution in [-0.2, 0) is 11.3 Å². The van der Waals surface area contributed by atoms with Crippen LogP contribution in [0.1, 0.15) is 11.1 Å². The van der Waals surface area contributed by atoms with Gasteiger partial charge in [-0.05, 0) is 24.7 Å². The van der Waals surface area contributed by atoms with Crippen molar-refractivity contribution in [3.8, 4) is 0 Å². The second-order valence-electron chi connectivity index (χ2n) is 5.29. The van der Waals surface area contributed by atoms with E-state index in [0.29, 0.717) is 24.5 Å². The van der Waals surface area contributed by atoms with Crippen LogP contribution in [0.4, 0.5) is 4.39 Å². The molecule has 1 aromatic rings. The van der Waals surface area contributed by atoms with Crippen molar-refractivity contribution in [1.29, 1.82) is 5.41 Å². The van der Waals surface area contributed by atoms with Crippen molar-refractivity contribution in [2.75, 3.05) is 33.3 Å². The van der Waals surface area contributed by atoms with Crippen molar-refractivity contribution in [2.45, 2.75) is 12.6 Å². The smallest absolute Gasteiger partial charge is 0.128 e. The average molecular weight is 263 g/mol. The van der Waals surface area contributed by atoms with E-state index in [1.807, 2.05) is 4.90 Å². The van der Waals surface area contributed by atoms with E-state index in [9.17, 15) is 4.39 Å². The van der Waals surface area contributed by atoms with Crippen molar-refractivity contribution in [3.05, 3.63) is 35.1 Å². The van der Waals surface area contributed by atoms with Gasteiger partial charge >= 0.3 is 0 Å². The highest BCUT2D eigenvalue weighted by atomic mass is 19.1. The minimum absolute atomic E-state index is 0.123. The minimum Gasteiger partial charge on any atom is -0.374 e. The molecule has 1 saturated heterocycles. The molecular weight excluding hydrogens is 245 g/mol. The summed E-state index contributed by atoms with van der Waals surface area (Å²) in [5.41, 5.74) is 1.74. The van der Waals surface area contributed by atoms with E-state index in [1.54, 1.807) is 6.07 Å². The summed E-state index contributed by atoms with van der Waals surface area (Å²) in [4.78, 5) is 4.20. The van der Waals surface area contributed by atoms with Crippen LogP contribution in [0.2, 0.25) is 0 Å². The molecular formula is C14H18FN3O. The predicted molar refractivity (Wildman–Crippen MR) is 70.9 cm³/mol. The lowest BCUT2D eigenvalue weighted by molar-refractivity contribution is -0.0281. The standard InChI is InChI=1S/C14H18FN3O/c1-17-4-5-19-12(8-17)9-18-7-10-2-3-11(15)6-13(10)14(18)16/h2-3,6,12,16H,4-5,7-9H2,1H3. The molecule has 19 heavy (non-hydrogen) atoms. The highest BCUT2D eigenvalue weighted by Gasteiger charge is 2.28. The summed E-state index contributed by atoms with van der Waals surface area (Å²) in [6.07, 6.45) is 0.123. The second-order valence-corrected chi connectivity index (χ2v) is 5.29. The van der Waals surface area contributed by atoms with Gasteiger partial charge in [-0.25, -0.2) is 4.39 Å². The van der Waals surface area contributed by atoms with Crippen LogP contribution in [0.3, 0.4) is 0 Å². The number of ether oxygens (including phenoxy) is 1. The molecule has 2 aliphatic heterocycles. The molecule has 1 atom stereocenters. The Morgan fingerprint density at radius 1 is 1.47 bits per heavy atom. The van der Waals surface area contributed by atoms with E-state index in [4.69, 9.17) is 10.1 Å². The number of halogens is 1. The Labute approximate surface area is 112 Å². The molecule has 5 heteroatoms. The molecule has 1 fully saturated rings. The number of nitrogens with one attached hydrogen (secondary N) is 1. The summed E-state index contributed by atoms with van der Waals surface area (Å²) in [5, 5.41) is 8.14. The van der Waals surface area contributed by atoms with Crippen LogP contribution >= 0.6 is 0 Å². The normalized spacial score (nSPS) is 23.8. The maximum atomic E-state index is 13.2. The fraction of sp³-hybridized carbons (Fsp3) is 0.500. The van der Waals surface area contributed by atoms with Gasteiger partial charge in [-0.2, -0.15) is 0 Å². The van der Waals surface area contributed by atoms with Gasteiger partial charge in [0.1, 0.15) is 11.7 Å². The van der Waals surface area contributed by atoms with Gasteiger partial charge in [-0.1, -0.05) is 6.07 Å². The molecule has 1 N–H and O–H groups in total. The Balaban J connectivity index is 1.70. The summed E-state index contributed by atoms with van der Waals surface area (Å²) >= 11 is 0. The molecule has 1 aromatic carbocycles. The third-order valence-electron chi connectivity index (χ3n) is 3.77. The van der Waals surface area contributed by atoms with Crippen molar-refractivity contribution in [1.82, 2.24) is 9.80 Å². The zero-order chi connectivity index (χ0) is 13.4. The fourth-order valence-corrected chi connectivity index (χ4v) is 2.74. The quantitative estimate of drug-likeness (QED) is 0.874. The lowest BCUT2D eigenvalue weighted by atomic mass is 10.1. The zero-order valence-corrected chi connectivity index (χ0v) is 11.0. The van der Waals surface area contributed by atoms with Gasteiger partial charge in [-0.15, -0.1) is 0 Å². The number of hydrogen-bond donors (Lipinski definition) is 1. The number of morpholine rings is 1. The van der Waals surface area contributed by atoms with Crippen LogP contribution in [-0.4, -0.2) is 55.0 Å². The molecule has 102 valence electrons. The third-order valence-corrected chi connectivity index (χ3v) is 3.77. The summed E-state index contributed by atoms with van der Waals surface area (Å²) in [5.74, 6) is 0.130. The van der Waals surface area contributed by atoms with Gasteiger partial charge in [0, 0.05) is 31.7 Å². The molecule has 4 nitrogen and oxygen atoms in total. The molecule has 0 bridgehead atoms. The number of likely N-dealkylation sites (N-methyl/N-ethyl adjacent to an activating group) is 1. The monoisotopic (exact) mass is 263 g/mol. The van der Waals surface area contributed by atoms with Crippen LogP contribution in [0.25, 0.3) is 0 Å².